The minimum Gasteiger partial charge on any atom is -0.350 e. The number of rotatable bonds is 5. The van der Waals surface area contributed by atoms with Crippen molar-refractivity contribution < 1.29 is 9.59 Å². The fourth-order valence-corrected chi connectivity index (χ4v) is 2.32. The van der Waals surface area contributed by atoms with Gasteiger partial charge in [-0.25, -0.2) is 0 Å². The van der Waals surface area contributed by atoms with Crippen molar-refractivity contribution in [2.75, 3.05) is 5.32 Å². The minimum absolute atomic E-state index is 0.248. The van der Waals surface area contributed by atoms with E-state index in [0.717, 1.165) is 0 Å². The number of halogens is 2. The maximum absolute atomic E-state index is 12.4. The molecule has 1 aromatic carbocycles. The van der Waals surface area contributed by atoms with Gasteiger partial charge in [0.25, 0.3) is 0 Å². The van der Waals surface area contributed by atoms with Crippen molar-refractivity contribution in [3.8, 4) is 0 Å². The van der Waals surface area contributed by atoms with Crippen molar-refractivity contribution in [3.63, 3.8) is 0 Å². The first-order chi connectivity index (χ1) is 11.3. The number of amides is 2. The van der Waals surface area contributed by atoms with Crippen LogP contribution in [0, 0.1) is 5.41 Å². The molecule has 0 aliphatic rings. The molecule has 2 amide bonds. The highest BCUT2D eigenvalue weighted by molar-refractivity contribution is 6.36. The fraction of sp³-hybridized carbons (Fsp3) is 0.235. The number of hydrogen-bond donors (Lipinski definition) is 2. The lowest BCUT2D eigenvalue weighted by Crippen LogP contribution is -2.45. The molecule has 1 aromatic heterocycles. The highest BCUT2D eigenvalue weighted by Gasteiger charge is 2.36. The molecule has 0 aliphatic carbocycles. The number of carbonyl (C=O) groups is 2. The van der Waals surface area contributed by atoms with E-state index in [1.54, 1.807) is 44.3 Å². The summed E-state index contributed by atoms with van der Waals surface area (Å²) in [6, 6.07) is 10.1. The van der Waals surface area contributed by atoms with Gasteiger partial charge < -0.3 is 10.6 Å². The third-order valence-corrected chi connectivity index (χ3v) is 4.02. The number of hydrogen-bond acceptors (Lipinski definition) is 3. The monoisotopic (exact) mass is 365 g/mol. The summed E-state index contributed by atoms with van der Waals surface area (Å²) < 4.78 is 0. The van der Waals surface area contributed by atoms with E-state index in [4.69, 9.17) is 23.2 Å². The van der Waals surface area contributed by atoms with Crippen LogP contribution in [0.2, 0.25) is 10.0 Å². The van der Waals surface area contributed by atoms with Crippen LogP contribution in [-0.4, -0.2) is 16.8 Å². The fourth-order valence-electron chi connectivity index (χ4n) is 1.87. The van der Waals surface area contributed by atoms with Gasteiger partial charge in [-0.05, 0) is 44.2 Å². The Morgan fingerprint density at radius 1 is 1.12 bits per heavy atom. The van der Waals surface area contributed by atoms with Gasteiger partial charge >= 0.3 is 0 Å². The molecule has 2 aromatic rings. The Balaban J connectivity index is 2.02. The zero-order chi connectivity index (χ0) is 17.7. The number of aromatic nitrogens is 1. The minimum atomic E-state index is -1.28. The molecule has 0 atom stereocenters. The molecule has 2 N–H and O–H groups in total. The van der Waals surface area contributed by atoms with Crippen molar-refractivity contribution >= 4 is 40.7 Å². The average Bonchev–Trinajstić information content (AvgIpc) is 2.55. The number of nitrogens with zero attached hydrogens (tertiary/aromatic N) is 1. The van der Waals surface area contributed by atoms with E-state index < -0.39 is 17.2 Å². The summed E-state index contributed by atoms with van der Waals surface area (Å²) in [7, 11) is 0. The third-order valence-electron chi connectivity index (χ3n) is 3.47. The Morgan fingerprint density at radius 3 is 2.50 bits per heavy atom. The summed E-state index contributed by atoms with van der Waals surface area (Å²) >= 11 is 11.9. The van der Waals surface area contributed by atoms with Crippen molar-refractivity contribution in [2.45, 2.75) is 20.4 Å². The van der Waals surface area contributed by atoms with Gasteiger partial charge in [-0.3, -0.25) is 14.6 Å². The van der Waals surface area contributed by atoms with Crippen molar-refractivity contribution in [3.05, 3.63) is 58.3 Å². The molecular formula is C17H17Cl2N3O2. The van der Waals surface area contributed by atoms with Crippen LogP contribution in [0.15, 0.2) is 42.6 Å². The average molecular weight is 366 g/mol. The van der Waals surface area contributed by atoms with E-state index in [-0.39, 0.29) is 6.54 Å². The molecule has 0 aliphatic heterocycles. The van der Waals surface area contributed by atoms with Crippen molar-refractivity contribution in [1.29, 1.82) is 0 Å². The van der Waals surface area contributed by atoms with Gasteiger partial charge in [-0.2, -0.15) is 0 Å². The quantitative estimate of drug-likeness (QED) is 0.794. The van der Waals surface area contributed by atoms with Gasteiger partial charge in [0.05, 0.1) is 22.9 Å². The SMILES string of the molecule is CC(C)(C(=O)NCc1ccccn1)C(=O)Nc1ccc(Cl)cc1Cl. The van der Waals surface area contributed by atoms with Gasteiger partial charge in [0, 0.05) is 11.2 Å². The van der Waals surface area contributed by atoms with Crippen LogP contribution in [0.25, 0.3) is 0 Å². The number of benzene rings is 1. The van der Waals surface area contributed by atoms with Crippen molar-refractivity contribution in [2.24, 2.45) is 5.41 Å². The summed E-state index contributed by atoms with van der Waals surface area (Å²) in [5.41, 5.74) is -0.169. The summed E-state index contributed by atoms with van der Waals surface area (Å²) in [6.45, 7) is 3.33. The Labute approximate surface area is 150 Å². The molecule has 0 bridgehead atoms. The highest BCUT2D eigenvalue weighted by atomic mass is 35.5. The summed E-state index contributed by atoms with van der Waals surface area (Å²) in [4.78, 5) is 28.9. The van der Waals surface area contributed by atoms with Crippen LogP contribution in [0.3, 0.4) is 0 Å². The van der Waals surface area contributed by atoms with Gasteiger partial charge in [0.1, 0.15) is 5.41 Å². The maximum Gasteiger partial charge on any atom is 0.239 e. The van der Waals surface area contributed by atoms with E-state index in [1.807, 2.05) is 6.07 Å². The molecule has 0 spiro atoms. The molecule has 5 nitrogen and oxygen atoms in total. The smallest absolute Gasteiger partial charge is 0.239 e. The van der Waals surface area contributed by atoms with E-state index in [1.165, 1.54) is 6.07 Å². The number of carbonyl (C=O) groups excluding carboxylic acids is 2. The third kappa shape index (κ3) is 4.46. The lowest BCUT2D eigenvalue weighted by Gasteiger charge is -2.23. The molecule has 126 valence electrons. The summed E-state index contributed by atoms with van der Waals surface area (Å²) in [6.07, 6.45) is 1.64. The first-order valence-electron chi connectivity index (χ1n) is 7.25. The van der Waals surface area contributed by atoms with Crippen LogP contribution < -0.4 is 10.6 Å². The predicted octanol–water partition coefficient (Wildman–Crippen LogP) is 3.67. The first kappa shape index (κ1) is 18.2. The second-order valence-corrected chi connectivity index (χ2v) is 6.55. The van der Waals surface area contributed by atoms with Gasteiger partial charge in [-0.15, -0.1) is 0 Å². The molecule has 2 rings (SSSR count). The second-order valence-electron chi connectivity index (χ2n) is 5.71. The van der Waals surface area contributed by atoms with Crippen LogP contribution in [0.4, 0.5) is 5.69 Å². The zero-order valence-electron chi connectivity index (χ0n) is 13.3. The topological polar surface area (TPSA) is 71.1 Å². The van der Waals surface area contributed by atoms with Gasteiger partial charge in [-0.1, -0.05) is 29.3 Å². The molecule has 0 saturated heterocycles. The number of pyridine rings is 1. The van der Waals surface area contributed by atoms with Crippen LogP contribution in [0.5, 0.6) is 0 Å². The van der Waals surface area contributed by atoms with Crippen LogP contribution in [0.1, 0.15) is 19.5 Å². The molecule has 0 unspecified atom stereocenters. The van der Waals surface area contributed by atoms with Gasteiger partial charge in [0.2, 0.25) is 11.8 Å². The Morgan fingerprint density at radius 2 is 1.88 bits per heavy atom. The lowest BCUT2D eigenvalue weighted by molar-refractivity contribution is -0.138. The predicted molar refractivity (Wildman–Crippen MR) is 95.0 cm³/mol. The summed E-state index contributed by atoms with van der Waals surface area (Å²) in [5, 5.41) is 6.13. The molecule has 24 heavy (non-hydrogen) atoms. The lowest BCUT2D eigenvalue weighted by atomic mass is 9.91. The number of nitrogens with one attached hydrogen (secondary N) is 2. The number of anilines is 1. The van der Waals surface area contributed by atoms with E-state index in [9.17, 15) is 9.59 Å². The van der Waals surface area contributed by atoms with E-state index in [2.05, 4.69) is 15.6 Å². The Bertz CT molecular complexity index is 749. The van der Waals surface area contributed by atoms with E-state index in [0.29, 0.717) is 21.4 Å². The zero-order valence-corrected chi connectivity index (χ0v) is 14.8. The maximum atomic E-state index is 12.4. The molecular weight excluding hydrogens is 349 g/mol. The highest BCUT2D eigenvalue weighted by Crippen LogP contribution is 2.27. The molecule has 1 heterocycles. The normalized spacial score (nSPS) is 11.0. The largest absolute Gasteiger partial charge is 0.350 e. The molecule has 0 fully saturated rings. The van der Waals surface area contributed by atoms with Crippen LogP contribution >= 0.6 is 23.2 Å². The Hall–Kier alpha value is -2.11. The summed E-state index contributed by atoms with van der Waals surface area (Å²) in [5.74, 6) is -0.874. The second kappa shape index (κ2) is 7.64. The van der Waals surface area contributed by atoms with E-state index >= 15 is 0 Å². The standard InChI is InChI=1S/C17H17Cl2N3O2/c1-17(2,15(23)21-10-12-5-3-4-8-20-12)16(24)22-14-7-6-11(18)9-13(14)19/h3-9H,10H2,1-2H3,(H,21,23)(H,22,24). The molecule has 0 saturated carbocycles. The van der Waals surface area contributed by atoms with Gasteiger partial charge in [0.15, 0.2) is 0 Å². The Kier molecular flexibility index (Phi) is 5.80. The van der Waals surface area contributed by atoms with Crippen molar-refractivity contribution in [1.82, 2.24) is 10.3 Å². The first-order valence-corrected chi connectivity index (χ1v) is 8.01. The van der Waals surface area contributed by atoms with Crippen LogP contribution in [-0.2, 0) is 16.1 Å². The molecule has 0 radical (unpaired) electrons. The molecule has 7 heteroatoms.